The summed E-state index contributed by atoms with van der Waals surface area (Å²) in [4.78, 5) is 28.2. The van der Waals surface area contributed by atoms with Crippen LogP contribution < -0.4 is 10.6 Å². The van der Waals surface area contributed by atoms with Crippen molar-refractivity contribution >= 4 is 46.5 Å². The van der Waals surface area contributed by atoms with Crippen LogP contribution in [0.1, 0.15) is 22.3 Å². The summed E-state index contributed by atoms with van der Waals surface area (Å²) in [6.07, 6.45) is 0.496. The molecule has 1 aromatic heterocycles. The number of alkyl halides is 1. The number of anilines is 2. The lowest BCUT2D eigenvalue weighted by atomic mass is 10.1. The van der Waals surface area contributed by atoms with Gasteiger partial charge >= 0.3 is 0 Å². The summed E-state index contributed by atoms with van der Waals surface area (Å²) < 4.78 is 12.9. The first-order chi connectivity index (χ1) is 12.4. The number of halogens is 3. The Hall–Kier alpha value is -2.22. The molecule has 0 aliphatic heterocycles. The predicted molar refractivity (Wildman–Crippen MR) is 96.2 cm³/mol. The normalized spacial score (nSPS) is 18.3. The van der Waals surface area contributed by atoms with E-state index in [4.69, 9.17) is 28.3 Å². The Balaban J connectivity index is 1.74. The molecule has 0 unspecified atom stereocenters. The fourth-order valence-corrected chi connectivity index (χ4v) is 3.06. The lowest BCUT2D eigenvalue weighted by molar-refractivity contribution is -0.117. The van der Waals surface area contributed by atoms with Crippen LogP contribution in [0.25, 0.3) is 0 Å². The molecule has 3 N–H and O–H groups in total. The van der Waals surface area contributed by atoms with Gasteiger partial charge in [0, 0.05) is 18.0 Å². The first kappa shape index (κ1) is 18.6. The zero-order valence-corrected chi connectivity index (χ0v) is 14.8. The van der Waals surface area contributed by atoms with E-state index in [0.29, 0.717) is 11.3 Å². The molecule has 0 saturated heterocycles. The summed E-state index contributed by atoms with van der Waals surface area (Å²) in [5, 5.41) is 14.4. The van der Waals surface area contributed by atoms with Crippen molar-refractivity contribution in [3.05, 3.63) is 51.6 Å². The van der Waals surface area contributed by atoms with Gasteiger partial charge in [0.2, 0.25) is 5.91 Å². The van der Waals surface area contributed by atoms with Crippen LogP contribution in [-0.2, 0) is 11.4 Å². The predicted octanol–water partition coefficient (Wildman–Crippen LogP) is 3.43. The Morgan fingerprint density at radius 2 is 1.88 bits per heavy atom. The molecule has 1 aromatic carbocycles. The van der Waals surface area contributed by atoms with Gasteiger partial charge in [0.1, 0.15) is 12.0 Å². The van der Waals surface area contributed by atoms with E-state index < -0.39 is 23.9 Å². The largest absolute Gasteiger partial charge is 0.392 e. The standard InChI is InChI=1S/C17H14Cl2FN3O3/c18-11-3-8(7-24)4-12(19)15(11)17(26)22-9-1-2-21-14(5-9)23-16(25)10-6-13(10)20/h1-5,10,13,24H,6-7H2,(H2,21,22,23,25,26)/t10-,13-/m1/s1. The maximum Gasteiger partial charge on any atom is 0.258 e. The molecule has 136 valence electrons. The average Bonchev–Trinajstić information content (AvgIpc) is 3.31. The van der Waals surface area contributed by atoms with Crippen molar-refractivity contribution in [2.45, 2.75) is 19.2 Å². The van der Waals surface area contributed by atoms with Crippen LogP contribution in [0.4, 0.5) is 15.9 Å². The maximum absolute atomic E-state index is 12.9. The molecule has 1 saturated carbocycles. The van der Waals surface area contributed by atoms with E-state index in [-0.39, 0.29) is 34.5 Å². The Morgan fingerprint density at radius 3 is 2.46 bits per heavy atom. The molecule has 1 fully saturated rings. The number of carbonyl (C=O) groups excluding carboxylic acids is 2. The second-order valence-electron chi connectivity index (χ2n) is 5.82. The number of rotatable bonds is 5. The fraction of sp³-hybridized carbons (Fsp3) is 0.235. The molecule has 2 amide bonds. The number of pyridine rings is 1. The number of benzene rings is 1. The Kier molecular flexibility index (Phi) is 5.41. The Morgan fingerprint density at radius 1 is 1.23 bits per heavy atom. The van der Waals surface area contributed by atoms with Crippen molar-refractivity contribution in [2.24, 2.45) is 5.92 Å². The molecule has 1 aliphatic carbocycles. The lowest BCUT2D eigenvalue weighted by Crippen LogP contribution is -2.17. The van der Waals surface area contributed by atoms with E-state index in [1.807, 2.05) is 0 Å². The van der Waals surface area contributed by atoms with Crippen LogP contribution >= 0.6 is 23.2 Å². The van der Waals surface area contributed by atoms with Crippen LogP contribution in [-0.4, -0.2) is 28.1 Å². The third kappa shape index (κ3) is 4.12. The molecule has 1 heterocycles. The second kappa shape index (κ2) is 7.57. The van der Waals surface area contributed by atoms with Crippen LogP contribution in [0, 0.1) is 5.92 Å². The zero-order valence-electron chi connectivity index (χ0n) is 13.3. The lowest BCUT2D eigenvalue weighted by Gasteiger charge is -2.11. The highest BCUT2D eigenvalue weighted by Crippen LogP contribution is 2.34. The molecule has 2 atom stereocenters. The molecule has 6 nitrogen and oxygen atoms in total. The number of hydrogen-bond donors (Lipinski definition) is 3. The molecule has 9 heteroatoms. The average molecular weight is 398 g/mol. The van der Waals surface area contributed by atoms with Crippen molar-refractivity contribution < 1.29 is 19.1 Å². The maximum atomic E-state index is 12.9. The van der Waals surface area contributed by atoms with E-state index in [0.717, 1.165) is 0 Å². The number of hydrogen-bond acceptors (Lipinski definition) is 4. The smallest absolute Gasteiger partial charge is 0.258 e. The summed E-state index contributed by atoms with van der Waals surface area (Å²) in [5.74, 6) is -1.45. The van der Waals surface area contributed by atoms with Crippen LogP contribution in [0.3, 0.4) is 0 Å². The van der Waals surface area contributed by atoms with E-state index in [2.05, 4.69) is 15.6 Å². The summed E-state index contributed by atoms with van der Waals surface area (Å²) in [6.45, 7) is -0.254. The molecule has 0 spiro atoms. The number of aliphatic hydroxyl groups excluding tert-OH is 1. The third-order valence-electron chi connectivity index (χ3n) is 3.83. The summed E-state index contributed by atoms with van der Waals surface area (Å²) in [6, 6.07) is 5.86. The van der Waals surface area contributed by atoms with Gasteiger partial charge in [-0.15, -0.1) is 0 Å². The van der Waals surface area contributed by atoms with Crippen LogP contribution in [0.2, 0.25) is 10.0 Å². The van der Waals surface area contributed by atoms with E-state index in [9.17, 15) is 14.0 Å². The van der Waals surface area contributed by atoms with Gasteiger partial charge in [0.15, 0.2) is 0 Å². The minimum atomic E-state index is -1.11. The zero-order chi connectivity index (χ0) is 18.8. The Labute approximate surface area is 158 Å². The van der Waals surface area contributed by atoms with Gasteiger partial charge in [0.25, 0.3) is 5.91 Å². The number of aliphatic hydroxyl groups is 1. The first-order valence-corrected chi connectivity index (χ1v) is 8.45. The topological polar surface area (TPSA) is 91.3 Å². The van der Waals surface area contributed by atoms with E-state index in [1.54, 1.807) is 0 Å². The Bertz CT molecular complexity index is 855. The van der Waals surface area contributed by atoms with Gasteiger partial charge in [-0.3, -0.25) is 9.59 Å². The number of amides is 2. The van der Waals surface area contributed by atoms with Crippen molar-refractivity contribution in [1.82, 2.24) is 4.98 Å². The quantitative estimate of drug-likeness (QED) is 0.720. The van der Waals surface area contributed by atoms with Crippen LogP contribution in [0.15, 0.2) is 30.5 Å². The molecule has 2 aromatic rings. The fourth-order valence-electron chi connectivity index (χ4n) is 2.36. The van der Waals surface area contributed by atoms with Crippen molar-refractivity contribution in [1.29, 1.82) is 0 Å². The van der Waals surface area contributed by atoms with Crippen molar-refractivity contribution in [3.8, 4) is 0 Å². The van der Waals surface area contributed by atoms with Crippen LogP contribution in [0.5, 0.6) is 0 Å². The molecule has 3 rings (SSSR count). The molecule has 26 heavy (non-hydrogen) atoms. The van der Waals surface area contributed by atoms with Gasteiger partial charge in [-0.1, -0.05) is 23.2 Å². The minimum Gasteiger partial charge on any atom is -0.392 e. The number of nitrogens with zero attached hydrogens (tertiary/aromatic N) is 1. The van der Waals surface area contributed by atoms with Gasteiger partial charge in [-0.25, -0.2) is 9.37 Å². The second-order valence-corrected chi connectivity index (χ2v) is 6.64. The summed E-state index contributed by atoms with van der Waals surface area (Å²) >= 11 is 12.1. The molecule has 0 radical (unpaired) electrons. The molecular formula is C17H14Cl2FN3O3. The molecule has 1 aliphatic rings. The van der Waals surface area contributed by atoms with Gasteiger partial charge in [0.05, 0.1) is 28.1 Å². The number of carbonyl (C=O) groups is 2. The minimum absolute atomic E-state index is 0.0613. The monoisotopic (exact) mass is 397 g/mol. The number of aromatic nitrogens is 1. The van der Waals surface area contributed by atoms with E-state index >= 15 is 0 Å². The van der Waals surface area contributed by atoms with Crippen molar-refractivity contribution in [2.75, 3.05) is 10.6 Å². The molecular weight excluding hydrogens is 384 g/mol. The highest BCUT2D eigenvalue weighted by molar-refractivity contribution is 6.40. The van der Waals surface area contributed by atoms with Gasteiger partial charge < -0.3 is 15.7 Å². The number of nitrogens with one attached hydrogen (secondary N) is 2. The first-order valence-electron chi connectivity index (χ1n) is 7.70. The highest BCUT2D eigenvalue weighted by Gasteiger charge is 2.43. The highest BCUT2D eigenvalue weighted by atomic mass is 35.5. The summed E-state index contributed by atoms with van der Waals surface area (Å²) in [5.41, 5.74) is 0.897. The van der Waals surface area contributed by atoms with Crippen molar-refractivity contribution in [3.63, 3.8) is 0 Å². The molecule has 0 bridgehead atoms. The van der Waals surface area contributed by atoms with E-state index in [1.165, 1.54) is 30.5 Å². The SMILES string of the molecule is O=C(Nc1ccnc(NC(=O)[C@@H]2C[C@H]2F)c1)c1c(Cl)cc(CO)cc1Cl. The summed E-state index contributed by atoms with van der Waals surface area (Å²) in [7, 11) is 0. The van der Waals surface area contributed by atoms with Gasteiger partial charge in [-0.2, -0.15) is 0 Å². The van der Waals surface area contributed by atoms with Gasteiger partial charge in [-0.05, 0) is 30.2 Å². The third-order valence-corrected chi connectivity index (χ3v) is 4.43.